The predicted molar refractivity (Wildman–Crippen MR) is 67.3 cm³/mol. The minimum atomic E-state index is -2.89. The summed E-state index contributed by atoms with van der Waals surface area (Å²) in [5, 5.41) is 9.46. The van der Waals surface area contributed by atoms with Crippen LogP contribution in [-0.2, 0) is 16.3 Å². The molecular formula is C12H18N2O3S. The molecule has 2 aliphatic rings. The fourth-order valence-corrected chi connectivity index (χ4v) is 4.88. The minimum absolute atomic E-state index is 0.0101. The molecule has 1 fully saturated rings. The Morgan fingerprint density at radius 2 is 2.28 bits per heavy atom. The zero-order chi connectivity index (χ0) is 12.8. The lowest BCUT2D eigenvalue weighted by molar-refractivity contribution is 0.203. The summed E-state index contributed by atoms with van der Waals surface area (Å²) in [7, 11) is -2.89. The molecule has 0 saturated carbocycles. The maximum atomic E-state index is 11.6. The number of rotatable bonds is 2. The summed E-state index contributed by atoms with van der Waals surface area (Å²) in [4.78, 5) is 4.43. The van der Waals surface area contributed by atoms with Gasteiger partial charge in [-0.2, -0.15) is 0 Å². The first-order chi connectivity index (χ1) is 8.61. The third kappa shape index (κ3) is 1.97. The van der Waals surface area contributed by atoms with E-state index in [-0.39, 0.29) is 30.1 Å². The molecule has 2 aliphatic heterocycles. The summed E-state index contributed by atoms with van der Waals surface area (Å²) in [5.74, 6) is 1.35. The predicted octanol–water partition coefficient (Wildman–Crippen LogP) is 0.655. The Kier molecular flexibility index (Phi) is 2.94. The van der Waals surface area contributed by atoms with Gasteiger partial charge in [-0.3, -0.25) is 0 Å². The highest BCUT2D eigenvalue weighted by atomic mass is 32.2. The monoisotopic (exact) mass is 270 g/mol. The van der Waals surface area contributed by atoms with Crippen LogP contribution in [0.5, 0.6) is 0 Å². The lowest BCUT2D eigenvalue weighted by Gasteiger charge is -2.27. The van der Waals surface area contributed by atoms with Crippen LogP contribution in [0.1, 0.15) is 42.7 Å². The number of imidazole rings is 1. The number of sulfone groups is 1. The van der Waals surface area contributed by atoms with Gasteiger partial charge >= 0.3 is 0 Å². The van der Waals surface area contributed by atoms with E-state index in [9.17, 15) is 13.5 Å². The second-order valence-electron chi connectivity index (χ2n) is 5.31. The molecule has 3 rings (SSSR count). The number of aliphatic hydroxyl groups excluding tert-OH is 1. The molecule has 6 heteroatoms. The summed E-state index contributed by atoms with van der Waals surface area (Å²) in [5.41, 5.74) is 1.14. The van der Waals surface area contributed by atoms with Crippen molar-refractivity contribution in [3.05, 3.63) is 17.7 Å². The zero-order valence-electron chi connectivity index (χ0n) is 10.2. The largest absolute Gasteiger partial charge is 0.394 e. The summed E-state index contributed by atoms with van der Waals surface area (Å²) in [6.07, 6.45) is 5.51. The summed E-state index contributed by atoms with van der Waals surface area (Å²) < 4.78 is 25.2. The van der Waals surface area contributed by atoms with Crippen molar-refractivity contribution in [1.29, 1.82) is 0 Å². The van der Waals surface area contributed by atoms with Crippen LogP contribution in [0, 0.1) is 0 Å². The molecule has 1 N–H and O–H groups in total. The van der Waals surface area contributed by atoms with Crippen LogP contribution in [0.25, 0.3) is 0 Å². The van der Waals surface area contributed by atoms with Crippen LogP contribution in [0.4, 0.5) is 0 Å². The molecule has 2 unspecified atom stereocenters. The van der Waals surface area contributed by atoms with Gasteiger partial charge in [0.05, 0.1) is 24.2 Å². The third-order valence-corrected chi connectivity index (χ3v) is 5.81. The van der Waals surface area contributed by atoms with Crippen molar-refractivity contribution in [1.82, 2.24) is 9.55 Å². The molecule has 2 atom stereocenters. The van der Waals surface area contributed by atoms with Gasteiger partial charge in [0.1, 0.15) is 5.82 Å². The van der Waals surface area contributed by atoms with Gasteiger partial charge in [0.25, 0.3) is 0 Å². The molecule has 3 heterocycles. The van der Waals surface area contributed by atoms with Crippen LogP contribution in [0.3, 0.4) is 0 Å². The Hall–Kier alpha value is -0.880. The summed E-state index contributed by atoms with van der Waals surface area (Å²) in [6.45, 7) is 0.107. The number of fused-ring (bicyclic) bond motifs is 1. The molecule has 0 bridgehead atoms. The van der Waals surface area contributed by atoms with Crippen molar-refractivity contribution in [2.45, 2.75) is 37.6 Å². The number of aromatic nitrogens is 2. The molecule has 1 saturated heterocycles. The quantitative estimate of drug-likeness (QED) is 0.856. The SMILES string of the molecule is O=S1(=O)CCC(c2ncc3n2C(CO)CCC3)C1. The van der Waals surface area contributed by atoms with Gasteiger partial charge in [0.2, 0.25) is 0 Å². The second-order valence-corrected chi connectivity index (χ2v) is 7.54. The summed E-state index contributed by atoms with van der Waals surface area (Å²) in [6, 6.07) is 0.0783. The lowest BCUT2D eigenvalue weighted by Crippen LogP contribution is -2.24. The Morgan fingerprint density at radius 3 is 2.94 bits per heavy atom. The second kappa shape index (κ2) is 4.35. The number of hydrogen-bond acceptors (Lipinski definition) is 4. The van der Waals surface area contributed by atoms with E-state index in [4.69, 9.17) is 0 Å². The van der Waals surface area contributed by atoms with Gasteiger partial charge in [-0.15, -0.1) is 0 Å². The molecule has 18 heavy (non-hydrogen) atoms. The van der Waals surface area contributed by atoms with Gasteiger partial charge in [0.15, 0.2) is 9.84 Å². The van der Waals surface area contributed by atoms with E-state index < -0.39 is 9.84 Å². The normalized spacial score (nSPS) is 30.3. The lowest BCUT2D eigenvalue weighted by atomic mass is 10.0. The average molecular weight is 270 g/mol. The third-order valence-electron chi connectivity index (χ3n) is 4.05. The number of hydrogen-bond donors (Lipinski definition) is 1. The van der Waals surface area contributed by atoms with Crippen molar-refractivity contribution in [3.63, 3.8) is 0 Å². The van der Waals surface area contributed by atoms with Crippen molar-refractivity contribution in [2.24, 2.45) is 0 Å². The van der Waals surface area contributed by atoms with E-state index >= 15 is 0 Å². The topological polar surface area (TPSA) is 72.2 Å². The zero-order valence-corrected chi connectivity index (χ0v) is 11.1. The molecule has 1 aromatic rings. The van der Waals surface area contributed by atoms with Gasteiger partial charge in [0, 0.05) is 17.8 Å². The van der Waals surface area contributed by atoms with Crippen LogP contribution < -0.4 is 0 Å². The molecule has 0 spiro atoms. The fourth-order valence-electron chi connectivity index (χ4n) is 3.14. The maximum absolute atomic E-state index is 11.6. The van der Waals surface area contributed by atoms with Gasteiger partial charge in [-0.05, 0) is 25.7 Å². The van der Waals surface area contributed by atoms with Crippen molar-refractivity contribution < 1.29 is 13.5 Å². The van der Waals surface area contributed by atoms with Gasteiger partial charge < -0.3 is 9.67 Å². The summed E-state index contributed by atoms with van der Waals surface area (Å²) >= 11 is 0. The van der Waals surface area contributed by atoms with Crippen LogP contribution >= 0.6 is 0 Å². The maximum Gasteiger partial charge on any atom is 0.151 e. The molecule has 0 amide bonds. The fraction of sp³-hybridized carbons (Fsp3) is 0.750. The highest BCUT2D eigenvalue weighted by Crippen LogP contribution is 2.34. The Bertz CT molecular complexity index is 550. The number of aryl methyl sites for hydroxylation is 1. The average Bonchev–Trinajstić information content (AvgIpc) is 2.91. The van der Waals surface area contributed by atoms with E-state index in [0.29, 0.717) is 6.42 Å². The van der Waals surface area contributed by atoms with Crippen LogP contribution in [0.15, 0.2) is 6.20 Å². The van der Waals surface area contributed by atoms with E-state index in [2.05, 4.69) is 9.55 Å². The standard InChI is InChI=1S/C12H18N2O3S/c15-7-11-3-1-2-10-6-13-12(14(10)11)9-4-5-18(16,17)8-9/h6,9,11,15H,1-5,7-8H2. The van der Waals surface area contributed by atoms with E-state index in [0.717, 1.165) is 30.8 Å². The first-order valence-corrected chi connectivity index (χ1v) is 8.30. The molecule has 0 radical (unpaired) electrons. The number of aliphatic hydroxyl groups is 1. The Balaban J connectivity index is 1.97. The highest BCUT2D eigenvalue weighted by molar-refractivity contribution is 7.91. The van der Waals surface area contributed by atoms with Crippen LogP contribution in [-0.4, -0.2) is 41.2 Å². The molecular weight excluding hydrogens is 252 g/mol. The molecule has 0 aliphatic carbocycles. The number of nitrogens with zero attached hydrogens (tertiary/aromatic N) is 2. The van der Waals surface area contributed by atoms with Crippen molar-refractivity contribution >= 4 is 9.84 Å². The van der Waals surface area contributed by atoms with Crippen molar-refractivity contribution in [2.75, 3.05) is 18.1 Å². The molecule has 100 valence electrons. The minimum Gasteiger partial charge on any atom is -0.394 e. The smallest absolute Gasteiger partial charge is 0.151 e. The van der Waals surface area contributed by atoms with Crippen molar-refractivity contribution in [3.8, 4) is 0 Å². The Labute approximate surface area is 107 Å². The first kappa shape index (κ1) is 12.2. The highest BCUT2D eigenvalue weighted by Gasteiger charge is 2.34. The van der Waals surface area contributed by atoms with Gasteiger partial charge in [-0.1, -0.05) is 0 Å². The van der Waals surface area contributed by atoms with E-state index in [1.165, 1.54) is 0 Å². The van der Waals surface area contributed by atoms with E-state index in [1.807, 2.05) is 6.20 Å². The first-order valence-electron chi connectivity index (χ1n) is 6.48. The Morgan fingerprint density at radius 1 is 1.44 bits per heavy atom. The molecule has 1 aromatic heterocycles. The van der Waals surface area contributed by atoms with Crippen LogP contribution in [0.2, 0.25) is 0 Å². The molecule has 0 aromatic carbocycles. The van der Waals surface area contributed by atoms with E-state index in [1.54, 1.807) is 0 Å². The van der Waals surface area contributed by atoms with Gasteiger partial charge in [-0.25, -0.2) is 13.4 Å². The molecule has 5 nitrogen and oxygen atoms in total.